The molecule has 44 heavy (non-hydrogen) atoms. The van der Waals surface area contributed by atoms with Crippen LogP contribution in [-0.4, -0.2) is 70.6 Å². The maximum Gasteiger partial charge on any atom is 0.266 e. The molecule has 0 radical (unpaired) electrons. The molecular weight excluding hydrogens is 558 g/mol. The van der Waals surface area contributed by atoms with E-state index in [0.29, 0.717) is 23.2 Å². The van der Waals surface area contributed by atoms with Gasteiger partial charge in [-0.3, -0.25) is 14.5 Å². The first-order valence-electron chi connectivity index (χ1n) is 14.9. The molecular formula is C34H33N5O5. The summed E-state index contributed by atoms with van der Waals surface area (Å²) >= 11 is 0. The first kappa shape index (κ1) is 28.3. The number of rotatable bonds is 7. The third-order valence-corrected chi connectivity index (χ3v) is 8.48. The first-order valence-corrected chi connectivity index (χ1v) is 14.9. The lowest BCUT2D eigenvalue weighted by Crippen LogP contribution is -2.50. The van der Waals surface area contributed by atoms with Crippen molar-refractivity contribution in [2.24, 2.45) is 0 Å². The van der Waals surface area contributed by atoms with Crippen LogP contribution >= 0.6 is 0 Å². The van der Waals surface area contributed by atoms with Crippen molar-refractivity contribution in [3.63, 3.8) is 0 Å². The quantitative estimate of drug-likeness (QED) is 0.317. The summed E-state index contributed by atoms with van der Waals surface area (Å²) in [6.07, 6.45) is 3.12. The van der Waals surface area contributed by atoms with E-state index in [1.54, 1.807) is 48.8 Å². The van der Waals surface area contributed by atoms with Gasteiger partial charge in [0.05, 0.1) is 35.6 Å². The Balaban J connectivity index is 1.11. The predicted molar refractivity (Wildman–Crippen MR) is 163 cm³/mol. The Morgan fingerprint density at radius 2 is 1.48 bits per heavy atom. The highest BCUT2D eigenvalue weighted by molar-refractivity contribution is 6.34. The second-order valence-electron chi connectivity index (χ2n) is 11.3. The lowest BCUT2D eigenvalue weighted by Gasteiger charge is -2.40. The minimum absolute atomic E-state index is 0.0231. The molecule has 7 rings (SSSR count). The molecule has 3 aliphatic heterocycles. The minimum Gasteiger partial charge on any atom is -0.392 e. The van der Waals surface area contributed by atoms with Crippen LogP contribution in [0.4, 0.5) is 11.6 Å². The van der Waals surface area contributed by atoms with Gasteiger partial charge in [-0.15, -0.1) is 0 Å². The van der Waals surface area contributed by atoms with E-state index in [-0.39, 0.29) is 30.6 Å². The van der Waals surface area contributed by atoms with Gasteiger partial charge in [0.15, 0.2) is 6.29 Å². The van der Waals surface area contributed by atoms with E-state index >= 15 is 0 Å². The smallest absolute Gasteiger partial charge is 0.266 e. The summed E-state index contributed by atoms with van der Waals surface area (Å²) in [5, 5.41) is 9.54. The van der Waals surface area contributed by atoms with Crippen molar-refractivity contribution in [3.8, 4) is 0 Å². The van der Waals surface area contributed by atoms with Gasteiger partial charge in [0.2, 0.25) is 5.95 Å². The molecule has 4 aromatic rings. The van der Waals surface area contributed by atoms with Gasteiger partial charge in [0, 0.05) is 57.1 Å². The standard InChI is InChI=1S/C34H33N5O5/c40-22-23-9-11-24(12-10-23)30-20-27(21-37-15-17-38(18-16-37)34-35-13-4-14-36-34)43-33(44-30)25-5-3-6-26(19-25)39-31(41)28-7-1-2-8-29(28)32(39)42/h1-14,19,27,30,33,40H,15-18,20-22H2/t27-,30+,33+/m1/s1. The van der Waals surface area contributed by atoms with Crippen LogP contribution in [0.2, 0.25) is 0 Å². The molecule has 3 aromatic carbocycles. The Morgan fingerprint density at radius 3 is 2.16 bits per heavy atom. The molecule has 0 spiro atoms. The van der Waals surface area contributed by atoms with Gasteiger partial charge in [-0.25, -0.2) is 14.9 Å². The van der Waals surface area contributed by atoms with Crippen LogP contribution in [0.15, 0.2) is 91.3 Å². The number of ether oxygens (including phenoxy) is 2. The number of amides is 2. The third kappa shape index (κ3) is 5.60. The normalized spacial score (nSPS) is 22.3. The number of imide groups is 1. The second-order valence-corrected chi connectivity index (χ2v) is 11.3. The van der Waals surface area contributed by atoms with Crippen molar-refractivity contribution in [2.75, 3.05) is 42.5 Å². The number of carbonyl (C=O) groups excluding carboxylic acids is 2. The number of aliphatic hydroxyl groups is 1. The van der Waals surface area contributed by atoms with Crippen LogP contribution in [0, 0.1) is 0 Å². The number of aliphatic hydroxyl groups excluding tert-OH is 1. The van der Waals surface area contributed by atoms with E-state index in [4.69, 9.17) is 9.47 Å². The molecule has 2 fully saturated rings. The van der Waals surface area contributed by atoms with Gasteiger partial charge in [-0.2, -0.15) is 0 Å². The van der Waals surface area contributed by atoms with E-state index in [1.807, 2.05) is 42.5 Å². The highest BCUT2D eigenvalue weighted by Gasteiger charge is 2.38. The molecule has 4 heterocycles. The van der Waals surface area contributed by atoms with E-state index in [1.165, 1.54) is 4.90 Å². The third-order valence-electron chi connectivity index (χ3n) is 8.48. The van der Waals surface area contributed by atoms with Crippen LogP contribution < -0.4 is 9.80 Å². The molecule has 2 amide bonds. The van der Waals surface area contributed by atoms with Crippen LogP contribution in [0.3, 0.4) is 0 Å². The molecule has 1 N–H and O–H groups in total. The molecule has 2 saturated heterocycles. The lowest BCUT2D eigenvalue weighted by molar-refractivity contribution is -0.253. The van der Waals surface area contributed by atoms with Gasteiger partial charge in [0.1, 0.15) is 0 Å². The average Bonchev–Trinajstić information content (AvgIpc) is 3.34. The fourth-order valence-electron chi connectivity index (χ4n) is 6.14. The molecule has 10 nitrogen and oxygen atoms in total. The first-order chi connectivity index (χ1) is 21.6. The molecule has 3 atom stereocenters. The van der Waals surface area contributed by atoms with E-state index in [0.717, 1.165) is 55.4 Å². The van der Waals surface area contributed by atoms with Gasteiger partial charge in [-0.1, -0.05) is 48.5 Å². The van der Waals surface area contributed by atoms with Crippen molar-refractivity contribution in [2.45, 2.75) is 31.5 Å². The fraction of sp³-hybridized carbons (Fsp3) is 0.294. The highest BCUT2D eigenvalue weighted by atomic mass is 16.7. The zero-order chi connectivity index (χ0) is 30.0. The number of carbonyl (C=O) groups is 2. The second kappa shape index (κ2) is 12.3. The monoisotopic (exact) mass is 591 g/mol. The van der Waals surface area contributed by atoms with Gasteiger partial charge in [-0.05, 0) is 41.5 Å². The SMILES string of the molecule is O=C1c2ccccc2C(=O)N1c1cccc([C@H]2O[C@@H](CN3CCN(c4ncccn4)CC3)C[C@@H](c3ccc(CO)cc3)O2)c1. The number of aromatic nitrogens is 2. The number of hydrogen-bond acceptors (Lipinski definition) is 9. The number of hydrogen-bond donors (Lipinski definition) is 1. The van der Waals surface area contributed by atoms with E-state index in [9.17, 15) is 14.7 Å². The summed E-state index contributed by atoms with van der Waals surface area (Å²) in [5.41, 5.74) is 3.85. The van der Waals surface area contributed by atoms with Crippen LogP contribution in [-0.2, 0) is 16.1 Å². The summed E-state index contributed by atoms with van der Waals surface area (Å²) in [4.78, 5) is 41.0. The maximum absolute atomic E-state index is 13.2. The van der Waals surface area contributed by atoms with Crippen molar-refractivity contribution in [1.29, 1.82) is 0 Å². The number of benzene rings is 3. The van der Waals surface area contributed by atoms with Gasteiger partial charge >= 0.3 is 0 Å². The summed E-state index contributed by atoms with van der Waals surface area (Å²) in [6.45, 7) is 4.07. The van der Waals surface area contributed by atoms with Crippen molar-refractivity contribution < 1.29 is 24.2 Å². The maximum atomic E-state index is 13.2. The van der Waals surface area contributed by atoms with Crippen molar-refractivity contribution >= 4 is 23.5 Å². The Labute approximate surface area is 255 Å². The molecule has 1 aromatic heterocycles. The predicted octanol–water partition coefficient (Wildman–Crippen LogP) is 4.14. The van der Waals surface area contributed by atoms with Crippen LogP contribution in [0.25, 0.3) is 0 Å². The molecule has 0 aliphatic carbocycles. The summed E-state index contributed by atoms with van der Waals surface area (Å²) < 4.78 is 13.1. The fourth-order valence-corrected chi connectivity index (χ4v) is 6.14. The number of nitrogens with zero attached hydrogens (tertiary/aromatic N) is 5. The summed E-state index contributed by atoms with van der Waals surface area (Å²) in [5.74, 6) is 0.0693. The minimum atomic E-state index is -0.703. The zero-order valence-corrected chi connectivity index (χ0v) is 24.2. The largest absolute Gasteiger partial charge is 0.392 e. The van der Waals surface area contributed by atoms with Crippen molar-refractivity contribution in [1.82, 2.24) is 14.9 Å². The average molecular weight is 592 g/mol. The van der Waals surface area contributed by atoms with E-state index < -0.39 is 6.29 Å². The molecule has 3 aliphatic rings. The van der Waals surface area contributed by atoms with E-state index in [2.05, 4.69) is 19.8 Å². The molecule has 224 valence electrons. The Bertz CT molecular complexity index is 1610. The summed E-state index contributed by atoms with van der Waals surface area (Å²) in [6, 6.07) is 23.8. The molecule has 0 unspecified atom stereocenters. The van der Waals surface area contributed by atoms with Gasteiger partial charge < -0.3 is 19.5 Å². The molecule has 0 bridgehead atoms. The zero-order valence-electron chi connectivity index (χ0n) is 24.2. The summed E-state index contributed by atoms with van der Waals surface area (Å²) in [7, 11) is 0. The Hall–Kier alpha value is -4.48. The topological polar surface area (TPSA) is 108 Å². The Kier molecular flexibility index (Phi) is 7.88. The van der Waals surface area contributed by atoms with Crippen LogP contribution in [0.5, 0.6) is 0 Å². The van der Waals surface area contributed by atoms with Gasteiger partial charge in [0.25, 0.3) is 11.8 Å². The number of piperazine rings is 1. The lowest BCUT2D eigenvalue weighted by atomic mass is 9.99. The Morgan fingerprint density at radius 1 is 0.773 bits per heavy atom. The number of fused-ring (bicyclic) bond motifs is 1. The van der Waals surface area contributed by atoms with Crippen molar-refractivity contribution in [3.05, 3.63) is 119 Å². The molecule has 0 saturated carbocycles. The molecule has 10 heteroatoms. The van der Waals surface area contributed by atoms with Crippen LogP contribution in [0.1, 0.15) is 56.2 Å². The number of anilines is 2. The highest BCUT2D eigenvalue weighted by Crippen LogP contribution is 2.39.